The minimum Gasteiger partial charge on any atom is -0.444 e. The van der Waals surface area contributed by atoms with Crippen molar-refractivity contribution >= 4 is 23.4 Å². The number of anilines is 2. The highest BCUT2D eigenvalue weighted by molar-refractivity contribution is 6.07. The molecule has 0 atom stereocenters. The fourth-order valence-electron chi connectivity index (χ4n) is 2.97. The van der Waals surface area contributed by atoms with Crippen LogP contribution in [-0.2, 0) is 11.3 Å². The number of nitrogens with two attached hydrogens (primary N) is 1. The van der Waals surface area contributed by atoms with Crippen molar-refractivity contribution in [1.29, 1.82) is 0 Å². The normalized spacial score (nSPS) is 11.0. The zero-order chi connectivity index (χ0) is 22.4. The number of hydrogen-bond acceptors (Lipinski definition) is 4. The van der Waals surface area contributed by atoms with Gasteiger partial charge in [-0.15, -0.1) is 0 Å². The maximum Gasteiger partial charge on any atom is 0.412 e. The van der Waals surface area contributed by atoms with Crippen molar-refractivity contribution in [3.63, 3.8) is 0 Å². The average molecular weight is 418 g/mol. The average Bonchev–Trinajstić information content (AvgIpc) is 2.74. The summed E-state index contributed by atoms with van der Waals surface area (Å²) < 4.78 is 5.35. The monoisotopic (exact) mass is 417 g/mol. The smallest absolute Gasteiger partial charge is 0.412 e. The number of benzene rings is 3. The van der Waals surface area contributed by atoms with E-state index in [2.05, 4.69) is 10.6 Å². The first-order valence-electron chi connectivity index (χ1n) is 10.0. The fourth-order valence-corrected chi connectivity index (χ4v) is 2.97. The molecular weight excluding hydrogens is 390 g/mol. The fraction of sp³-hybridized carbons (Fsp3) is 0.200. The first-order valence-corrected chi connectivity index (χ1v) is 10.0. The van der Waals surface area contributed by atoms with Crippen LogP contribution in [0, 0.1) is 0 Å². The third kappa shape index (κ3) is 6.17. The lowest BCUT2D eigenvalue weighted by Crippen LogP contribution is -2.27. The second kappa shape index (κ2) is 9.45. The van der Waals surface area contributed by atoms with E-state index >= 15 is 0 Å². The molecule has 0 aromatic heterocycles. The SMILES string of the molecule is CC(C)(C)OC(=O)Nc1ccc(-c2ccccc2)cc1NC(=O)c1ccc(CN)cc1. The van der Waals surface area contributed by atoms with Gasteiger partial charge < -0.3 is 15.8 Å². The van der Waals surface area contributed by atoms with Crippen molar-refractivity contribution < 1.29 is 14.3 Å². The Morgan fingerprint density at radius 3 is 2.13 bits per heavy atom. The molecule has 0 aliphatic carbocycles. The van der Waals surface area contributed by atoms with Gasteiger partial charge in [0.15, 0.2) is 0 Å². The molecule has 0 saturated carbocycles. The number of amides is 2. The molecule has 2 amide bonds. The number of rotatable bonds is 5. The summed E-state index contributed by atoms with van der Waals surface area (Å²) in [6.07, 6.45) is -0.595. The molecule has 0 aliphatic heterocycles. The summed E-state index contributed by atoms with van der Waals surface area (Å²) in [5, 5.41) is 5.63. The first-order chi connectivity index (χ1) is 14.7. The number of carbonyl (C=O) groups excluding carboxylic acids is 2. The highest BCUT2D eigenvalue weighted by Crippen LogP contribution is 2.30. The van der Waals surface area contributed by atoms with E-state index in [1.807, 2.05) is 54.6 Å². The molecule has 3 aromatic carbocycles. The minimum atomic E-state index is -0.637. The van der Waals surface area contributed by atoms with Crippen LogP contribution in [0.4, 0.5) is 16.2 Å². The van der Waals surface area contributed by atoms with Crippen LogP contribution in [0.2, 0.25) is 0 Å². The van der Waals surface area contributed by atoms with Crippen molar-refractivity contribution in [2.45, 2.75) is 32.9 Å². The standard InChI is InChI=1S/C25H27N3O3/c1-25(2,3)31-24(30)28-21-14-13-20(18-7-5-4-6-8-18)15-22(21)27-23(29)19-11-9-17(16-26)10-12-19/h4-15H,16,26H2,1-3H3,(H,27,29)(H,28,30). The van der Waals surface area contributed by atoms with Gasteiger partial charge in [-0.2, -0.15) is 0 Å². The third-order valence-electron chi connectivity index (χ3n) is 4.46. The summed E-state index contributed by atoms with van der Waals surface area (Å²) in [5.74, 6) is -0.291. The number of hydrogen-bond donors (Lipinski definition) is 3. The van der Waals surface area contributed by atoms with Crippen LogP contribution in [0.25, 0.3) is 11.1 Å². The van der Waals surface area contributed by atoms with E-state index in [-0.39, 0.29) is 5.91 Å². The number of nitrogens with one attached hydrogen (secondary N) is 2. The van der Waals surface area contributed by atoms with Gasteiger partial charge in [-0.25, -0.2) is 4.79 Å². The van der Waals surface area contributed by atoms with Gasteiger partial charge in [0.1, 0.15) is 5.60 Å². The molecule has 0 unspecified atom stereocenters. The molecule has 31 heavy (non-hydrogen) atoms. The van der Waals surface area contributed by atoms with Crippen molar-refractivity contribution in [2.75, 3.05) is 10.6 Å². The topological polar surface area (TPSA) is 93.5 Å². The van der Waals surface area contributed by atoms with Gasteiger partial charge in [-0.05, 0) is 61.7 Å². The number of carbonyl (C=O) groups is 2. The molecule has 0 saturated heterocycles. The quantitative estimate of drug-likeness (QED) is 0.517. The second-order valence-corrected chi connectivity index (χ2v) is 8.11. The van der Waals surface area contributed by atoms with E-state index in [1.165, 1.54) is 0 Å². The van der Waals surface area contributed by atoms with Gasteiger partial charge >= 0.3 is 6.09 Å². The number of ether oxygens (including phenoxy) is 1. The Balaban J connectivity index is 1.91. The summed E-state index contributed by atoms with van der Waals surface area (Å²) in [5.41, 5.74) is 9.24. The highest BCUT2D eigenvalue weighted by Gasteiger charge is 2.18. The Hall–Kier alpha value is -3.64. The summed E-state index contributed by atoms with van der Waals surface area (Å²) >= 11 is 0. The molecule has 0 radical (unpaired) electrons. The largest absolute Gasteiger partial charge is 0.444 e. The molecule has 4 N–H and O–H groups in total. The Labute approximate surface area is 182 Å². The Kier molecular flexibility index (Phi) is 6.72. The van der Waals surface area contributed by atoms with E-state index in [1.54, 1.807) is 39.0 Å². The molecule has 3 rings (SSSR count). The maximum absolute atomic E-state index is 12.8. The Morgan fingerprint density at radius 2 is 1.52 bits per heavy atom. The summed E-state index contributed by atoms with van der Waals surface area (Å²) in [6, 6.07) is 22.3. The van der Waals surface area contributed by atoms with Crippen LogP contribution in [0.3, 0.4) is 0 Å². The van der Waals surface area contributed by atoms with E-state index in [9.17, 15) is 9.59 Å². The molecule has 0 bridgehead atoms. The Morgan fingerprint density at radius 1 is 0.839 bits per heavy atom. The van der Waals surface area contributed by atoms with E-state index in [4.69, 9.17) is 10.5 Å². The van der Waals surface area contributed by atoms with E-state index in [0.717, 1.165) is 16.7 Å². The summed E-state index contributed by atoms with van der Waals surface area (Å²) in [7, 11) is 0. The molecule has 0 heterocycles. The molecule has 3 aromatic rings. The highest BCUT2D eigenvalue weighted by atomic mass is 16.6. The van der Waals surface area contributed by atoms with Crippen LogP contribution in [0.5, 0.6) is 0 Å². The van der Waals surface area contributed by atoms with Gasteiger partial charge in [0.25, 0.3) is 5.91 Å². The van der Waals surface area contributed by atoms with Crippen molar-refractivity contribution in [3.05, 3.63) is 83.9 Å². The molecule has 160 valence electrons. The van der Waals surface area contributed by atoms with Gasteiger partial charge in [-0.3, -0.25) is 10.1 Å². The molecular formula is C25H27N3O3. The molecule has 6 heteroatoms. The minimum absolute atomic E-state index is 0.291. The van der Waals surface area contributed by atoms with Crippen LogP contribution >= 0.6 is 0 Å². The third-order valence-corrected chi connectivity index (χ3v) is 4.46. The van der Waals surface area contributed by atoms with E-state index in [0.29, 0.717) is 23.5 Å². The molecule has 0 aliphatic rings. The second-order valence-electron chi connectivity index (χ2n) is 8.11. The Bertz CT molecular complexity index is 1060. The van der Waals surface area contributed by atoms with Crippen LogP contribution in [-0.4, -0.2) is 17.6 Å². The van der Waals surface area contributed by atoms with Crippen LogP contribution in [0.15, 0.2) is 72.8 Å². The van der Waals surface area contributed by atoms with Crippen LogP contribution in [0.1, 0.15) is 36.7 Å². The van der Waals surface area contributed by atoms with Crippen molar-refractivity contribution in [2.24, 2.45) is 5.73 Å². The lowest BCUT2D eigenvalue weighted by molar-refractivity contribution is 0.0635. The molecule has 0 fully saturated rings. The van der Waals surface area contributed by atoms with Crippen molar-refractivity contribution in [1.82, 2.24) is 0 Å². The summed E-state index contributed by atoms with van der Waals surface area (Å²) in [6.45, 7) is 5.78. The first kappa shape index (κ1) is 22.1. The van der Waals surface area contributed by atoms with Gasteiger partial charge in [-0.1, -0.05) is 48.5 Å². The zero-order valence-electron chi connectivity index (χ0n) is 17.9. The lowest BCUT2D eigenvalue weighted by Gasteiger charge is -2.21. The zero-order valence-corrected chi connectivity index (χ0v) is 17.9. The predicted molar refractivity (Wildman–Crippen MR) is 124 cm³/mol. The molecule has 6 nitrogen and oxygen atoms in total. The maximum atomic E-state index is 12.8. The van der Waals surface area contributed by atoms with Crippen LogP contribution < -0.4 is 16.4 Å². The van der Waals surface area contributed by atoms with Crippen molar-refractivity contribution in [3.8, 4) is 11.1 Å². The van der Waals surface area contributed by atoms with E-state index < -0.39 is 11.7 Å². The predicted octanol–water partition coefficient (Wildman–Crippen LogP) is 5.41. The van der Waals surface area contributed by atoms with Gasteiger partial charge in [0.05, 0.1) is 11.4 Å². The summed E-state index contributed by atoms with van der Waals surface area (Å²) in [4.78, 5) is 25.1. The van der Waals surface area contributed by atoms with Gasteiger partial charge in [0, 0.05) is 12.1 Å². The molecule has 0 spiro atoms. The van der Waals surface area contributed by atoms with Gasteiger partial charge in [0.2, 0.25) is 0 Å². The lowest BCUT2D eigenvalue weighted by atomic mass is 10.0.